The number of carbonyl (C=O) groups is 1. The molecule has 0 bridgehead atoms. The zero-order valence-corrected chi connectivity index (χ0v) is 20.9. The molecule has 0 atom stereocenters. The Balaban J connectivity index is 1.44. The van der Waals surface area contributed by atoms with E-state index < -0.39 is 0 Å². The summed E-state index contributed by atoms with van der Waals surface area (Å²) in [7, 11) is 1.58. The number of benzene rings is 3. The lowest BCUT2D eigenvalue weighted by Gasteiger charge is -2.13. The molecule has 7 nitrogen and oxygen atoms in total. The van der Waals surface area contributed by atoms with Gasteiger partial charge in [0, 0.05) is 18.1 Å². The van der Waals surface area contributed by atoms with Crippen LogP contribution in [0.25, 0.3) is 22.1 Å². The predicted molar refractivity (Wildman–Crippen MR) is 140 cm³/mol. The molecule has 0 radical (unpaired) electrons. The molecule has 0 amide bonds. The van der Waals surface area contributed by atoms with E-state index in [1.165, 1.54) is 6.26 Å². The molecule has 190 valence electrons. The highest BCUT2D eigenvalue weighted by Gasteiger charge is 2.17. The van der Waals surface area contributed by atoms with Crippen LogP contribution in [0.15, 0.2) is 70.1 Å². The molecule has 0 unspecified atom stereocenters. The highest BCUT2D eigenvalue weighted by molar-refractivity contribution is 5.97. The fraction of sp³-hybridized carbons (Fsp3) is 0.267. The van der Waals surface area contributed by atoms with Gasteiger partial charge in [-0.05, 0) is 60.0 Å². The molecule has 37 heavy (non-hydrogen) atoms. The molecular weight excluding hydrogens is 472 g/mol. The van der Waals surface area contributed by atoms with Crippen molar-refractivity contribution in [2.75, 3.05) is 26.9 Å². The highest BCUT2D eigenvalue weighted by Crippen LogP contribution is 2.34. The number of carbonyl (C=O) groups excluding carboxylic acids is 1. The van der Waals surface area contributed by atoms with Crippen molar-refractivity contribution in [3.8, 4) is 34.1 Å². The molecule has 4 aromatic rings. The minimum atomic E-state index is -0.156. The van der Waals surface area contributed by atoms with Crippen LogP contribution in [-0.4, -0.2) is 32.7 Å². The van der Waals surface area contributed by atoms with Crippen molar-refractivity contribution >= 4 is 16.8 Å². The number of Topliss-reactive ketones (excluding diaryl/α,β-unsaturated/α-hetero) is 1. The molecule has 1 aliphatic rings. The molecule has 7 heteroatoms. The standard InChI is InChI=1S/C30H28O7/c1-3-5-21-14-23-28(16-27(21)37-18-25(31)19-6-9-22(33-2)10-7-19)36-17-24(30(23)32)20-8-11-26-29(15-20)35-13-4-12-34-26/h6-11,14-17H,3-5,12-13,18H2,1-2H3. The molecule has 1 aromatic heterocycles. The topological polar surface area (TPSA) is 84.2 Å². The van der Waals surface area contributed by atoms with E-state index >= 15 is 0 Å². The average Bonchev–Trinajstić information content (AvgIpc) is 3.17. The number of ether oxygens (including phenoxy) is 4. The van der Waals surface area contributed by atoms with Gasteiger partial charge in [0.05, 0.1) is 31.3 Å². The van der Waals surface area contributed by atoms with Crippen LogP contribution in [-0.2, 0) is 6.42 Å². The summed E-state index contributed by atoms with van der Waals surface area (Å²) >= 11 is 0. The first-order valence-corrected chi connectivity index (χ1v) is 12.4. The molecule has 2 heterocycles. The van der Waals surface area contributed by atoms with E-state index in [1.54, 1.807) is 37.4 Å². The Morgan fingerprint density at radius 1 is 0.973 bits per heavy atom. The third-order valence-corrected chi connectivity index (χ3v) is 6.30. The van der Waals surface area contributed by atoms with E-state index in [4.69, 9.17) is 23.4 Å². The quantitative estimate of drug-likeness (QED) is 0.281. The van der Waals surface area contributed by atoms with Crippen LogP contribution in [0.1, 0.15) is 35.7 Å². The Morgan fingerprint density at radius 3 is 2.51 bits per heavy atom. The Kier molecular flexibility index (Phi) is 7.12. The fourth-order valence-corrected chi connectivity index (χ4v) is 4.33. The van der Waals surface area contributed by atoms with Crippen molar-refractivity contribution in [1.29, 1.82) is 0 Å². The second-order valence-corrected chi connectivity index (χ2v) is 8.84. The summed E-state index contributed by atoms with van der Waals surface area (Å²) in [5.74, 6) is 2.34. The Morgan fingerprint density at radius 2 is 1.76 bits per heavy atom. The van der Waals surface area contributed by atoms with E-state index in [-0.39, 0.29) is 17.8 Å². The van der Waals surface area contributed by atoms with Gasteiger partial charge in [-0.25, -0.2) is 0 Å². The fourth-order valence-electron chi connectivity index (χ4n) is 4.33. The van der Waals surface area contributed by atoms with E-state index in [1.807, 2.05) is 31.2 Å². The Bertz CT molecular complexity index is 1480. The summed E-state index contributed by atoms with van der Waals surface area (Å²) in [6, 6.07) is 15.9. The van der Waals surface area contributed by atoms with Gasteiger partial charge in [0.25, 0.3) is 0 Å². The number of fused-ring (bicyclic) bond motifs is 2. The van der Waals surface area contributed by atoms with Gasteiger partial charge in [-0.2, -0.15) is 0 Å². The van der Waals surface area contributed by atoms with E-state index in [0.29, 0.717) is 70.3 Å². The van der Waals surface area contributed by atoms with Gasteiger partial charge >= 0.3 is 0 Å². The number of aryl methyl sites for hydroxylation is 1. The van der Waals surface area contributed by atoms with Gasteiger partial charge in [-0.15, -0.1) is 0 Å². The summed E-state index contributed by atoms with van der Waals surface area (Å²) in [6.45, 7) is 3.08. The maximum atomic E-state index is 13.5. The van der Waals surface area contributed by atoms with Crippen LogP contribution in [0.2, 0.25) is 0 Å². The molecule has 0 aliphatic carbocycles. The summed E-state index contributed by atoms with van der Waals surface area (Å²) in [5.41, 5.74) is 2.77. The van der Waals surface area contributed by atoms with E-state index in [0.717, 1.165) is 18.4 Å². The van der Waals surface area contributed by atoms with Gasteiger partial charge in [0.2, 0.25) is 5.43 Å². The summed E-state index contributed by atoms with van der Waals surface area (Å²) in [4.78, 5) is 26.2. The number of ketones is 1. The second-order valence-electron chi connectivity index (χ2n) is 8.84. The molecule has 1 aliphatic heterocycles. The number of hydrogen-bond donors (Lipinski definition) is 0. The van der Waals surface area contributed by atoms with Crippen LogP contribution < -0.4 is 24.4 Å². The van der Waals surface area contributed by atoms with Crippen molar-refractivity contribution in [3.05, 3.63) is 82.2 Å². The van der Waals surface area contributed by atoms with E-state index in [9.17, 15) is 9.59 Å². The average molecular weight is 501 g/mol. The number of hydrogen-bond acceptors (Lipinski definition) is 7. The highest BCUT2D eigenvalue weighted by atomic mass is 16.5. The molecule has 3 aromatic carbocycles. The van der Waals surface area contributed by atoms with Crippen LogP contribution in [0.5, 0.6) is 23.0 Å². The maximum Gasteiger partial charge on any atom is 0.200 e. The number of methoxy groups -OCH3 is 1. The number of rotatable bonds is 8. The smallest absolute Gasteiger partial charge is 0.200 e. The van der Waals surface area contributed by atoms with Crippen molar-refractivity contribution in [1.82, 2.24) is 0 Å². The van der Waals surface area contributed by atoms with Crippen molar-refractivity contribution in [3.63, 3.8) is 0 Å². The van der Waals surface area contributed by atoms with Crippen molar-refractivity contribution in [2.24, 2.45) is 0 Å². The second kappa shape index (κ2) is 10.8. The van der Waals surface area contributed by atoms with Gasteiger partial charge in [-0.3, -0.25) is 9.59 Å². The summed E-state index contributed by atoms with van der Waals surface area (Å²) in [5, 5.41) is 0.460. The first kappa shape index (κ1) is 24.4. The van der Waals surface area contributed by atoms with Crippen molar-refractivity contribution < 1.29 is 28.2 Å². The van der Waals surface area contributed by atoms with Crippen LogP contribution in [0.4, 0.5) is 0 Å². The van der Waals surface area contributed by atoms with Crippen LogP contribution >= 0.6 is 0 Å². The molecule has 0 saturated heterocycles. The van der Waals surface area contributed by atoms with Gasteiger partial charge in [0.1, 0.15) is 23.3 Å². The zero-order valence-electron chi connectivity index (χ0n) is 20.9. The zero-order chi connectivity index (χ0) is 25.8. The largest absolute Gasteiger partial charge is 0.497 e. The molecule has 0 saturated carbocycles. The monoisotopic (exact) mass is 500 g/mol. The molecule has 0 N–H and O–H groups in total. The first-order valence-electron chi connectivity index (χ1n) is 12.4. The van der Waals surface area contributed by atoms with Crippen LogP contribution in [0.3, 0.4) is 0 Å². The van der Waals surface area contributed by atoms with E-state index in [2.05, 4.69) is 0 Å². The molecule has 0 fully saturated rings. The van der Waals surface area contributed by atoms with Crippen LogP contribution in [0, 0.1) is 0 Å². The van der Waals surface area contributed by atoms with Gasteiger partial charge < -0.3 is 23.4 Å². The molecule has 5 rings (SSSR count). The normalized spacial score (nSPS) is 12.7. The SMILES string of the molecule is CCCc1cc2c(=O)c(-c3ccc4c(c3)OCCCO4)coc2cc1OCC(=O)c1ccc(OC)cc1. The lowest BCUT2D eigenvalue weighted by Crippen LogP contribution is -2.13. The summed E-state index contributed by atoms with van der Waals surface area (Å²) in [6.07, 6.45) is 3.80. The minimum Gasteiger partial charge on any atom is -0.497 e. The lowest BCUT2D eigenvalue weighted by atomic mass is 10.0. The Labute approximate surface area is 214 Å². The Hall–Kier alpha value is -4.26. The summed E-state index contributed by atoms with van der Waals surface area (Å²) < 4.78 is 28.5. The molecule has 0 spiro atoms. The first-order chi connectivity index (χ1) is 18.1. The van der Waals surface area contributed by atoms with Gasteiger partial charge in [0.15, 0.2) is 23.9 Å². The van der Waals surface area contributed by atoms with Crippen molar-refractivity contribution in [2.45, 2.75) is 26.2 Å². The third kappa shape index (κ3) is 5.16. The maximum absolute atomic E-state index is 13.5. The predicted octanol–water partition coefficient (Wildman–Crippen LogP) is 5.84. The van der Waals surface area contributed by atoms with Gasteiger partial charge in [-0.1, -0.05) is 19.4 Å². The third-order valence-electron chi connectivity index (χ3n) is 6.30. The molecular formula is C30H28O7. The minimum absolute atomic E-state index is 0.131. The lowest BCUT2D eigenvalue weighted by molar-refractivity contribution is 0.0921.